The minimum Gasteiger partial charge on any atom is -0.475 e. The topological polar surface area (TPSA) is 21.6 Å². The summed E-state index contributed by atoms with van der Waals surface area (Å²) in [4.78, 5) is 4.11. The van der Waals surface area contributed by atoms with Gasteiger partial charge in [-0.25, -0.2) is 9.38 Å². The number of hydrogen-bond donors (Lipinski definition) is 0. The van der Waals surface area contributed by atoms with Crippen LogP contribution in [-0.4, -0.2) is 19.0 Å². The van der Waals surface area contributed by atoms with Crippen LogP contribution in [0.2, 0.25) is 0 Å². The normalized spacial score (nSPS) is 15.4. The number of benzene rings is 1. The second kappa shape index (κ2) is 3.46. The lowest BCUT2D eigenvalue weighted by molar-refractivity contribution is 0.348. The van der Waals surface area contributed by atoms with Gasteiger partial charge in [-0.05, 0) is 28.1 Å². The van der Waals surface area contributed by atoms with E-state index in [9.17, 15) is 4.39 Å². The number of aliphatic imine (C=N–C) groups is 1. The van der Waals surface area contributed by atoms with Crippen molar-refractivity contribution in [1.82, 2.24) is 0 Å². The first-order valence-corrected chi connectivity index (χ1v) is 4.70. The first-order chi connectivity index (χ1) is 6.29. The lowest BCUT2D eigenvalue weighted by atomic mass is 10.2. The van der Waals surface area contributed by atoms with Crippen molar-refractivity contribution in [2.24, 2.45) is 4.99 Å². The van der Waals surface area contributed by atoms with Gasteiger partial charge in [-0.3, -0.25) is 0 Å². The van der Waals surface area contributed by atoms with Gasteiger partial charge in [0.25, 0.3) is 0 Å². The zero-order chi connectivity index (χ0) is 9.26. The fourth-order valence-electron chi connectivity index (χ4n) is 1.17. The Kier molecular flexibility index (Phi) is 2.31. The van der Waals surface area contributed by atoms with Gasteiger partial charge in [0.15, 0.2) is 0 Å². The van der Waals surface area contributed by atoms with Crippen LogP contribution in [0.15, 0.2) is 27.7 Å². The predicted octanol–water partition coefficient (Wildman–Crippen LogP) is 2.37. The molecule has 1 aliphatic rings. The minimum absolute atomic E-state index is 0.296. The highest BCUT2D eigenvalue weighted by atomic mass is 79.9. The molecule has 2 rings (SSSR count). The number of hydrogen-bond acceptors (Lipinski definition) is 2. The summed E-state index contributed by atoms with van der Waals surface area (Å²) in [7, 11) is 0. The quantitative estimate of drug-likeness (QED) is 0.743. The highest BCUT2D eigenvalue weighted by Gasteiger charge is 2.15. The van der Waals surface area contributed by atoms with E-state index in [4.69, 9.17) is 4.74 Å². The maximum Gasteiger partial charge on any atom is 0.217 e. The van der Waals surface area contributed by atoms with E-state index in [1.54, 1.807) is 12.1 Å². The molecule has 0 amide bonds. The van der Waals surface area contributed by atoms with E-state index in [1.807, 2.05) is 0 Å². The Bertz CT molecular complexity index is 365. The summed E-state index contributed by atoms with van der Waals surface area (Å²) in [5, 5.41) is 0. The SMILES string of the molecule is Fc1cccc(C2=NCCO2)c1Br. The smallest absolute Gasteiger partial charge is 0.217 e. The first kappa shape index (κ1) is 8.69. The van der Waals surface area contributed by atoms with E-state index in [2.05, 4.69) is 20.9 Å². The average molecular weight is 244 g/mol. The second-order valence-corrected chi connectivity index (χ2v) is 3.43. The Hall–Kier alpha value is -0.900. The van der Waals surface area contributed by atoms with Crippen molar-refractivity contribution in [2.45, 2.75) is 0 Å². The monoisotopic (exact) mass is 243 g/mol. The van der Waals surface area contributed by atoms with Crippen LogP contribution >= 0.6 is 15.9 Å². The van der Waals surface area contributed by atoms with Crippen LogP contribution in [0.5, 0.6) is 0 Å². The maximum absolute atomic E-state index is 13.1. The summed E-state index contributed by atoms with van der Waals surface area (Å²) in [6.07, 6.45) is 0. The Morgan fingerprint density at radius 3 is 3.00 bits per heavy atom. The summed E-state index contributed by atoms with van der Waals surface area (Å²) < 4.78 is 18.7. The van der Waals surface area contributed by atoms with E-state index >= 15 is 0 Å². The number of rotatable bonds is 1. The van der Waals surface area contributed by atoms with Crippen LogP contribution in [0.4, 0.5) is 4.39 Å². The van der Waals surface area contributed by atoms with E-state index in [0.29, 0.717) is 29.1 Å². The molecule has 1 heterocycles. The van der Waals surface area contributed by atoms with E-state index in [-0.39, 0.29) is 5.82 Å². The van der Waals surface area contributed by atoms with Crippen molar-refractivity contribution in [2.75, 3.05) is 13.2 Å². The fraction of sp³-hybridized carbons (Fsp3) is 0.222. The third-order valence-electron chi connectivity index (χ3n) is 1.77. The molecule has 2 nitrogen and oxygen atoms in total. The van der Waals surface area contributed by atoms with Gasteiger partial charge < -0.3 is 4.74 Å². The molecule has 0 radical (unpaired) electrons. The zero-order valence-corrected chi connectivity index (χ0v) is 8.34. The highest BCUT2D eigenvalue weighted by Crippen LogP contribution is 2.22. The predicted molar refractivity (Wildman–Crippen MR) is 51.5 cm³/mol. The van der Waals surface area contributed by atoms with E-state index in [0.717, 1.165) is 0 Å². The van der Waals surface area contributed by atoms with Crippen LogP contribution in [0.25, 0.3) is 0 Å². The van der Waals surface area contributed by atoms with Gasteiger partial charge in [-0.15, -0.1) is 0 Å². The number of nitrogens with zero attached hydrogens (tertiary/aromatic N) is 1. The molecular weight excluding hydrogens is 237 g/mol. The van der Waals surface area contributed by atoms with Crippen molar-refractivity contribution >= 4 is 21.8 Å². The summed E-state index contributed by atoms with van der Waals surface area (Å²) >= 11 is 3.15. The lowest BCUT2D eigenvalue weighted by Crippen LogP contribution is -2.02. The molecule has 1 aliphatic heterocycles. The average Bonchev–Trinajstić information content (AvgIpc) is 2.62. The molecular formula is C9H7BrFNO. The van der Waals surface area contributed by atoms with Gasteiger partial charge >= 0.3 is 0 Å². The van der Waals surface area contributed by atoms with Crippen molar-refractivity contribution in [3.05, 3.63) is 34.1 Å². The Morgan fingerprint density at radius 1 is 1.46 bits per heavy atom. The number of ether oxygens (including phenoxy) is 1. The molecule has 1 aromatic rings. The molecule has 0 spiro atoms. The van der Waals surface area contributed by atoms with E-state index < -0.39 is 0 Å². The van der Waals surface area contributed by atoms with Crippen molar-refractivity contribution in [3.8, 4) is 0 Å². The van der Waals surface area contributed by atoms with Crippen LogP contribution in [0.1, 0.15) is 5.56 Å². The van der Waals surface area contributed by atoms with Crippen LogP contribution < -0.4 is 0 Å². The fourth-order valence-corrected chi connectivity index (χ4v) is 1.60. The molecule has 13 heavy (non-hydrogen) atoms. The zero-order valence-electron chi connectivity index (χ0n) is 6.76. The Morgan fingerprint density at radius 2 is 2.31 bits per heavy atom. The molecule has 68 valence electrons. The van der Waals surface area contributed by atoms with Gasteiger partial charge in [-0.2, -0.15) is 0 Å². The second-order valence-electron chi connectivity index (χ2n) is 2.64. The van der Waals surface area contributed by atoms with Crippen LogP contribution in [-0.2, 0) is 4.74 Å². The van der Waals surface area contributed by atoms with Crippen molar-refractivity contribution in [3.63, 3.8) is 0 Å². The molecule has 1 aromatic carbocycles. The van der Waals surface area contributed by atoms with E-state index in [1.165, 1.54) is 6.07 Å². The van der Waals surface area contributed by atoms with Crippen molar-refractivity contribution in [1.29, 1.82) is 0 Å². The maximum atomic E-state index is 13.1. The molecule has 0 unspecified atom stereocenters. The Labute approximate surface area is 83.6 Å². The summed E-state index contributed by atoms with van der Waals surface area (Å²) in [6.45, 7) is 1.23. The molecule has 0 bridgehead atoms. The minimum atomic E-state index is -0.296. The first-order valence-electron chi connectivity index (χ1n) is 3.90. The molecule has 0 aromatic heterocycles. The lowest BCUT2D eigenvalue weighted by Gasteiger charge is -2.04. The molecule has 0 N–H and O–H groups in total. The van der Waals surface area contributed by atoms with Gasteiger partial charge in [0, 0.05) is 0 Å². The summed E-state index contributed by atoms with van der Waals surface area (Å²) in [6, 6.07) is 4.81. The van der Waals surface area contributed by atoms with Gasteiger partial charge in [0.05, 0.1) is 16.6 Å². The molecule has 0 fully saturated rings. The van der Waals surface area contributed by atoms with Gasteiger partial charge in [0.1, 0.15) is 12.4 Å². The molecule has 4 heteroatoms. The third kappa shape index (κ3) is 1.58. The largest absolute Gasteiger partial charge is 0.475 e. The van der Waals surface area contributed by atoms with Gasteiger partial charge in [-0.1, -0.05) is 6.07 Å². The van der Waals surface area contributed by atoms with Crippen molar-refractivity contribution < 1.29 is 9.13 Å². The standard InChI is InChI=1S/C9H7BrFNO/c10-8-6(2-1-3-7(8)11)9-12-4-5-13-9/h1-3H,4-5H2. The third-order valence-corrected chi connectivity index (χ3v) is 2.57. The highest BCUT2D eigenvalue weighted by molar-refractivity contribution is 9.10. The summed E-state index contributed by atoms with van der Waals surface area (Å²) in [5.74, 6) is 0.224. The van der Waals surface area contributed by atoms with Gasteiger partial charge in [0.2, 0.25) is 5.90 Å². The summed E-state index contributed by atoms with van der Waals surface area (Å²) in [5.41, 5.74) is 0.678. The molecule has 0 saturated heterocycles. The Balaban J connectivity index is 2.45. The van der Waals surface area contributed by atoms with Crippen LogP contribution in [0, 0.1) is 5.82 Å². The van der Waals surface area contributed by atoms with Crippen LogP contribution in [0.3, 0.4) is 0 Å². The number of halogens is 2. The molecule has 0 aliphatic carbocycles. The molecule has 0 saturated carbocycles. The molecule has 0 atom stereocenters.